The molecular weight excluding hydrogens is 246 g/mol. The first-order chi connectivity index (χ1) is 7.97. The molecule has 1 aromatic carbocycles. The van der Waals surface area contributed by atoms with E-state index in [0.717, 1.165) is 0 Å². The molecule has 5 nitrogen and oxygen atoms in total. The second-order valence-electron chi connectivity index (χ2n) is 3.43. The van der Waals surface area contributed by atoms with Crippen molar-refractivity contribution in [2.24, 2.45) is 0 Å². The number of nitro groups is 1. The Hall–Kier alpha value is -1.62. The molecule has 0 unspecified atom stereocenters. The van der Waals surface area contributed by atoms with Crippen molar-refractivity contribution in [1.82, 2.24) is 0 Å². The predicted octanol–water partition coefficient (Wildman–Crippen LogP) is 2.66. The number of halogens is 1. The molecule has 1 rings (SSSR count). The van der Waals surface area contributed by atoms with Gasteiger partial charge in [-0.05, 0) is 25.5 Å². The Balaban J connectivity index is 3.16. The molecule has 6 heteroatoms. The summed E-state index contributed by atoms with van der Waals surface area (Å²) in [6.45, 7) is 3.61. The Labute approximate surface area is 103 Å². The Morgan fingerprint density at radius 3 is 2.71 bits per heavy atom. The molecule has 0 saturated heterocycles. The lowest BCUT2D eigenvalue weighted by molar-refractivity contribution is -0.385. The Morgan fingerprint density at radius 2 is 2.18 bits per heavy atom. The number of hydrogen-bond donors (Lipinski definition) is 0. The van der Waals surface area contributed by atoms with Crippen molar-refractivity contribution < 1.29 is 14.5 Å². The summed E-state index contributed by atoms with van der Waals surface area (Å²) in [5, 5.41) is 10.9. The van der Waals surface area contributed by atoms with Gasteiger partial charge in [0.1, 0.15) is 5.02 Å². The largest absolute Gasteiger partial charge is 0.466 e. The van der Waals surface area contributed by atoms with Crippen LogP contribution in [0.15, 0.2) is 12.1 Å². The normalized spacial score (nSPS) is 10.1. The molecule has 0 aliphatic carbocycles. The summed E-state index contributed by atoms with van der Waals surface area (Å²) >= 11 is 5.76. The fourth-order valence-electron chi connectivity index (χ4n) is 1.49. The van der Waals surface area contributed by atoms with Gasteiger partial charge in [-0.15, -0.1) is 0 Å². The molecule has 0 spiro atoms. The van der Waals surface area contributed by atoms with Crippen LogP contribution < -0.4 is 0 Å². The highest BCUT2D eigenvalue weighted by Gasteiger charge is 2.23. The standard InChI is InChI=1S/C11H12ClNO4/c1-3-17-10(14)6-8-7(2)4-5-9(12)11(8)13(15)16/h4-5H,3,6H2,1-2H3. The second kappa shape index (κ2) is 5.63. The predicted molar refractivity (Wildman–Crippen MR) is 63.2 cm³/mol. The van der Waals surface area contributed by atoms with Crippen LogP contribution in [0, 0.1) is 17.0 Å². The van der Waals surface area contributed by atoms with Gasteiger partial charge < -0.3 is 4.74 Å². The van der Waals surface area contributed by atoms with Crippen LogP contribution in [0.4, 0.5) is 5.69 Å². The summed E-state index contributed by atoms with van der Waals surface area (Å²) in [5.74, 6) is -0.499. The van der Waals surface area contributed by atoms with Crippen molar-refractivity contribution in [2.75, 3.05) is 6.61 Å². The van der Waals surface area contributed by atoms with Crippen LogP contribution in [0.1, 0.15) is 18.1 Å². The van der Waals surface area contributed by atoms with E-state index in [0.29, 0.717) is 11.1 Å². The number of carbonyl (C=O) groups excluding carboxylic acids is 1. The Bertz CT molecular complexity index is 459. The molecule has 0 bridgehead atoms. The fraction of sp³-hybridized carbons (Fsp3) is 0.364. The molecule has 0 saturated carbocycles. The van der Waals surface area contributed by atoms with Gasteiger partial charge in [-0.25, -0.2) is 0 Å². The van der Waals surface area contributed by atoms with E-state index in [1.165, 1.54) is 6.07 Å². The molecule has 0 atom stereocenters. The van der Waals surface area contributed by atoms with Crippen LogP contribution in [0.2, 0.25) is 5.02 Å². The number of rotatable bonds is 4. The monoisotopic (exact) mass is 257 g/mol. The number of aryl methyl sites for hydroxylation is 1. The van der Waals surface area contributed by atoms with Gasteiger partial charge in [0, 0.05) is 5.56 Å². The van der Waals surface area contributed by atoms with Gasteiger partial charge in [0.15, 0.2) is 0 Å². The first-order valence-electron chi connectivity index (χ1n) is 5.05. The number of benzene rings is 1. The summed E-state index contributed by atoms with van der Waals surface area (Å²) in [6.07, 6.45) is -0.142. The molecule has 0 aliphatic rings. The SMILES string of the molecule is CCOC(=O)Cc1c(C)ccc(Cl)c1[N+](=O)[O-]. The average molecular weight is 258 g/mol. The summed E-state index contributed by atoms with van der Waals surface area (Å²) in [4.78, 5) is 21.7. The summed E-state index contributed by atoms with van der Waals surface area (Å²) in [6, 6.07) is 3.09. The van der Waals surface area contributed by atoms with Gasteiger partial charge in [0.05, 0.1) is 18.0 Å². The fourth-order valence-corrected chi connectivity index (χ4v) is 1.73. The lowest BCUT2D eigenvalue weighted by Crippen LogP contribution is -2.10. The molecule has 0 heterocycles. The maximum atomic E-state index is 11.4. The van der Waals surface area contributed by atoms with Crippen LogP contribution in [-0.2, 0) is 16.0 Å². The summed E-state index contributed by atoms with van der Waals surface area (Å²) in [7, 11) is 0. The number of hydrogen-bond acceptors (Lipinski definition) is 4. The topological polar surface area (TPSA) is 69.4 Å². The molecule has 0 radical (unpaired) electrons. The number of carbonyl (C=O) groups is 1. The van der Waals surface area contributed by atoms with E-state index >= 15 is 0 Å². The van der Waals surface area contributed by atoms with E-state index in [9.17, 15) is 14.9 Å². The van der Waals surface area contributed by atoms with Crippen LogP contribution >= 0.6 is 11.6 Å². The second-order valence-corrected chi connectivity index (χ2v) is 3.84. The van der Waals surface area contributed by atoms with Gasteiger partial charge in [-0.3, -0.25) is 14.9 Å². The van der Waals surface area contributed by atoms with Gasteiger partial charge in [0.25, 0.3) is 5.69 Å². The van der Waals surface area contributed by atoms with Gasteiger partial charge in [0.2, 0.25) is 0 Å². The number of nitro benzene ring substituents is 1. The van der Waals surface area contributed by atoms with Crippen LogP contribution in [0.5, 0.6) is 0 Å². The highest BCUT2D eigenvalue weighted by Crippen LogP contribution is 2.31. The van der Waals surface area contributed by atoms with E-state index in [1.807, 2.05) is 0 Å². The van der Waals surface area contributed by atoms with Crippen LogP contribution in [-0.4, -0.2) is 17.5 Å². The molecule has 17 heavy (non-hydrogen) atoms. The van der Waals surface area contributed by atoms with Gasteiger partial charge >= 0.3 is 5.97 Å². The van der Waals surface area contributed by atoms with E-state index < -0.39 is 10.9 Å². The number of nitrogens with zero attached hydrogens (tertiary/aromatic N) is 1. The van der Waals surface area contributed by atoms with E-state index in [1.54, 1.807) is 19.9 Å². The molecular formula is C11H12ClNO4. The molecule has 0 aliphatic heterocycles. The Kier molecular flexibility index (Phi) is 4.45. The van der Waals surface area contributed by atoms with E-state index in [4.69, 9.17) is 16.3 Å². The molecule has 1 aromatic rings. The van der Waals surface area contributed by atoms with E-state index in [2.05, 4.69) is 0 Å². The minimum atomic E-state index is -0.579. The zero-order chi connectivity index (χ0) is 13.0. The maximum absolute atomic E-state index is 11.4. The van der Waals surface area contributed by atoms with Crippen molar-refractivity contribution in [3.63, 3.8) is 0 Å². The first kappa shape index (κ1) is 13.4. The molecule has 92 valence electrons. The number of esters is 1. The van der Waals surface area contributed by atoms with Gasteiger partial charge in [-0.2, -0.15) is 0 Å². The smallest absolute Gasteiger partial charge is 0.310 e. The minimum Gasteiger partial charge on any atom is -0.466 e. The highest BCUT2D eigenvalue weighted by molar-refractivity contribution is 6.32. The molecule has 0 fully saturated rings. The first-order valence-corrected chi connectivity index (χ1v) is 5.43. The lowest BCUT2D eigenvalue weighted by atomic mass is 10.0. The van der Waals surface area contributed by atoms with Crippen molar-refractivity contribution in [3.8, 4) is 0 Å². The molecule has 0 aromatic heterocycles. The molecule has 0 amide bonds. The number of ether oxygens (including phenoxy) is 1. The van der Waals surface area contributed by atoms with Crippen molar-refractivity contribution in [1.29, 1.82) is 0 Å². The van der Waals surface area contributed by atoms with Crippen LogP contribution in [0.25, 0.3) is 0 Å². The minimum absolute atomic E-state index is 0.0277. The summed E-state index contributed by atoms with van der Waals surface area (Å²) < 4.78 is 4.77. The molecule has 0 N–H and O–H groups in total. The third-order valence-corrected chi connectivity index (χ3v) is 2.58. The van der Waals surface area contributed by atoms with Crippen molar-refractivity contribution >= 4 is 23.3 Å². The zero-order valence-corrected chi connectivity index (χ0v) is 10.3. The van der Waals surface area contributed by atoms with E-state index in [-0.39, 0.29) is 23.7 Å². The zero-order valence-electron chi connectivity index (χ0n) is 9.53. The maximum Gasteiger partial charge on any atom is 0.310 e. The third kappa shape index (κ3) is 3.17. The third-order valence-electron chi connectivity index (χ3n) is 2.28. The van der Waals surface area contributed by atoms with Crippen molar-refractivity contribution in [2.45, 2.75) is 20.3 Å². The van der Waals surface area contributed by atoms with Crippen LogP contribution in [0.3, 0.4) is 0 Å². The Morgan fingerprint density at radius 1 is 1.53 bits per heavy atom. The summed E-state index contributed by atoms with van der Waals surface area (Å²) in [5.41, 5.74) is 0.731. The average Bonchev–Trinajstić information content (AvgIpc) is 2.23. The van der Waals surface area contributed by atoms with Gasteiger partial charge in [-0.1, -0.05) is 17.7 Å². The van der Waals surface area contributed by atoms with Crippen molar-refractivity contribution in [3.05, 3.63) is 38.4 Å². The highest BCUT2D eigenvalue weighted by atomic mass is 35.5. The quantitative estimate of drug-likeness (QED) is 0.472. The lowest BCUT2D eigenvalue weighted by Gasteiger charge is -2.07.